The van der Waals surface area contributed by atoms with Crippen molar-refractivity contribution in [1.82, 2.24) is 4.90 Å². The lowest BCUT2D eigenvalue weighted by Crippen LogP contribution is -2.28. The van der Waals surface area contributed by atoms with E-state index >= 15 is 0 Å². The number of carbonyl (C=O) groups excluding carboxylic acids is 1. The van der Waals surface area contributed by atoms with Crippen LogP contribution in [0.4, 0.5) is 11.4 Å². The van der Waals surface area contributed by atoms with Gasteiger partial charge >= 0.3 is 0 Å². The summed E-state index contributed by atoms with van der Waals surface area (Å²) in [4.78, 5) is 24.5. The zero-order valence-corrected chi connectivity index (χ0v) is 10.9. The van der Waals surface area contributed by atoms with Gasteiger partial charge in [-0.1, -0.05) is 0 Å². The number of anilines is 1. The van der Waals surface area contributed by atoms with Gasteiger partial charge in [-0.05, 0) is 25.8 Å². The number of non-ortho nitro benzene ring substituents is 1. The molecule has 1 aromatic rings. The molecule has 0 spiro atoms. The molecule has 6 nitrogen and oxygen atoms in total. The minimum atomic E-state index is -0.476. The number of rotatable bonds is 4. The Kier molecular flexibility index (Phi) is 3.99. The molecule has 1 amide bonds. The zero-order chi connectivity index (χ0) is 13.8. The number of nitro groups is 1. The fraction of sp³-hybridized carbons (Fsp3) is 0.462. The van der Waals surface area contributed by atoms with Gasteiger partial charge in [0.15, 0.2) is 0 Å². The van der Waals surface area contributed by atoms with Gasteiger partial charge in [-0.15, -0.1) is 0 Å². The third-order valence-corrected chi connectivity index (χ3v) is 3.20. The van der Waals surface area contributed by atoms with E-state index in [9.17, 15) is 14.9 Å². The van der Waals surface area contributed by atoms with Crippen molar-refractivity contribution < 1.29 is 9.72 Å². The van der Waals surface area contributed by atoms with E-state index in [2.05, 4.69) is 5.32 Å². The molecule has 1 saturated heterocycles. The first kappa shape index (κ1) is 13.3. The molecular weight excluding hydrogens is 246 g/mol. The summed E-state index contributed by atoms with van der Waals surface area (Å²) >= 11 is 0. The van der Waals surface area contributed by atoms with E-state index in [-0.39, 0.29) is 11.6 Å². The van der Waals surface area contributed by atoms with Crippen LogP contribution >= 0.6 is 0 Å². The Labute approximate surface area is 111 Å². The molecule has 1 fully saturated rings. The van der Waals surface area contributed by atoms with Crippen molar-refractivity contribution in [3.05, 3.63) is 33.9 Å². The van der Waals surface area contributed by atoms with Gasteiger partial charge < -0.3 is 10.2 Å². The Morgan fingerprint density at radius 1 is 1.42 bits per heavy atom. The molecule has 19 heavy (non-hydrogen) atoms. The predicted molar refractivity (Wildman–Crippen MR) is 72.4 cm³/mol. The minimum Gasteiger partial charge on any atom is -0.385 e. The van der Waals surface area contributed by atoms with Gasteiger partial charge in [0.1, 0.15) is 0 Å². The second kappa shape index (κ2) is 5.69. The van der Waals surface area contributed by atoms with Crippen LogP contribution in [0, 0.1) is 10.1 Å². The maximum absolute atomic E-state index is 12.4. The number of nitro benzene ring substituents is 1. The lowest BCUT2D eigenvalue weighted by molar-refractivity contribution is -0.384. The lowest BCUT2D eigenvalue weighted by atomic mass is 10.1. The van der Waals surface area contributed by atoms with Crippen molar-refractivity contribution in [3.8, 4) is 0 Å². The van der Waals surface area contributed by atoms with Crippen molar-refractivity contribution in [1.29, 1.82) is 0 Å². The molecule has 0 saturated carbocycles. The molecule has 0 radical (unpaired) electrons. The molecule has 1 aromatic carbocycles. The van der Waals surface area contributed by atoms with Gasteiger partial charge in [0.05, 0.1) is 10.5 Å². The largest absolute Gasteiger partial charge is 0.385 e. The third kappa shape index (κ3) is 2.83. The minimum absolute atomic E-state index is 0.0517. The lowest BCUT2D eigenvalue weighted by Gasteiger charge is -2.17. The Bertz CT molecular complexity index is 496. The molecule has 0 bridgehead atoms. The van der Waals surface area contributed by atoms with Gasteiger partial charge in [-0.25, -0.2) is 0 Å². The first-order chi connectivity index (χ1) is 9.13. The number of hydrogen-bond acceptors (Lipinski definition) is 4. The van der Waals surface area contributed by atoms with E-state index < -0.39 is 4.92 Å². The molecule has 0 aromatic heterocycles. The van der Waals surface area contributed by atoms with Gasteiger partial charge in [0.2, 0.25) is 0 Å². The Morgan fingerprint density at radius 2 is 2.11 bits per heavy atom. The Hall–Kier alpha value is -2.11. The molecule has 2 rings (SSSR count). The second-order valence-electron chi connectivity index (χ2n) is 4.52. The number of nitrogens with one attached hydrogen (secondary N) is 1. The van der Waals surface area contributed by atoms with Crippen LogP contribution < -0.4 is 5.32 Å². The van der Waals surface area contributed by atoms with Crippen LogP contribution in [-0.2, 0) is 0 Å². The highest BCUT2D eigenvalue weighted by Gasteiger charge is 2.23. The highest BCUT2D eigenvalue weighted by Crippen LogP contribution is 2.25. The summed E-state index contributed by atoms with van der Waals surface area (Å²) in [5, 5.41) is 13.9. The molecule has 102 valence electrons. The number of hydrogen-bond donors (Lipinski definition) is 1. The summed E-state index contributed by atoms with van der Waals surface area (Å²) in [5.74, 6) is -0.128. The summed E-state index contributed by atoms with van der Waals surface area (Å²) < 4.78 is 0. The van der Waals surface area contributed by atoms with Crippen molar-refractivity contribution >= 4 is 17.3 Å². The van der Waals surface area contributed by atoms with Crippen LogP contribution in [-0.4, -0.2) is 35.4 Å². The van der Waals surface area contributed by atoms with Crippen LogP contribution in [0.1, 0.15) is 30.1 Å². The maximum Gasteiger partial charge on any atom is 0.270 e. The van der Waals surface area contributed by atoms with Gasteiger partial charge in [0.25, 0.3) is 11.6 Å². The molecule has 1 aliphatic rings. The van der Waals surface area contributed by atoms with E-state index in [1.54, 1.807) is 11.0 Å². The highest BCUT2D eigenvalue weighted by molar-refractivity contribution is 6.00. The Balaban J connectivity index is 2.35. The molecule has 1 N–H and O–H groups in total. The average molecular weight is 263 g/mol. The van der Waals surface area contributed by atoms with Crippen molar-refractivity contribution in [3.63, 3.8) is 0 Å². The monoisotopic (exact) mass is 263 g/mol. The molecule has 0 aliphatic carbocycles. The summed E-state index contributed by atoms with van der Waals surface area (Å²) in [6.07, 6.45) is 1.99. The number of benzene rings is 1. The van der Waals surface area contributed by atoms with Gasteiger partial charge in [0, 0.05) is 37.5 Å². The topological polar surface area (TPSA) is 75.5 Å². The number of nitrogens with zero attached hydrogens (tertiary/aromatic N) is 2. The quantitative estimate of drug-likeness (QED) is 0.667. The fourth-order valence-corrected chi connectivity index (χ4v) is 2.26. The van der Waals surface area contributed by atoms with E-state index in [4.69, 9.17) is 0 Å². The normalized spacial score (nSPS) is 14.5. The van der Waals surface area contributed by atoms with Crippen LogP contribution in [0.25, 0.3) is 0 Å². The van der Waals surface area contributed by atoms with Gasteiger partial charge in [-0.2, -0.15) is 0 Å². The second-order valence-corrected chi connectivity index (χ2v) is 4.52. The summed E-state index contributed by atoms with van der Waals surface area (Å²) in [6.45, 7) is 4.05. The number of likely N-dealkylation sites (tertiary alicyclic amines) is 1. The van der Waals surface area contributed by atoms with E-state index in [1.807, 2.05) is 6.92 Å². The summed E-state index contributed by atoms with van der Waals surface area (Å²) in [6, 6.07) is 4.38. The van der Waals surface area contributed by atoms with Crippen LogP contribution in [0.3, 0.4) is 0 Å². The van der Waals surface area contributed by atoms with E-state index in [0.29, 0.717) is 17.8 Å². The Morgan fingerprint density at radius 3 is 2.68 bits per heavy atom. The maximum atomic E-state index is 12.4. The smallest absolute Gasteiger partial charge is 0.270 e. The fourth-order valence-electron chi connectivity index (χ4n) is 2.26. The van der Waals surface area contributed by atoms with E-state index in [0.717, 1.165) is 25.9 Å². The third-order valence-electron chi connectivity index (χ3n) is 3.20. The predicted octanol–water partition coefficient (Wildman–Crippen LogP) is 2.26. The summed E-state index contributed by atoms with van der Waals surface area (Å²) in [7, 11) is 0. The van der Waals surface area contributed by atoms with Crippen LogP contribution in [0.2, 0.25) is 0 Å². The zero-order valence-electron chi connectivity index (χ0n) is 10.9. The molecular formula is C13H17N3O3. The molecule has 1 heterocycles. The van der Waals surface area contributed by atoms with Crippen molar-refractivity contribution in [2.24, 2.45) is 0 Å². The summed E-state index contributed by atoms with van der Waals surface area (Å²) in [5.41, 5.74) is 0.993. The average Bonchev–Trinajstić information content (AvgIpc) is 2.92. The highest BCUT2D eigenvalue weighted by atomic mass is 16.6. The van der Waals surface area contributed by atoms with Crippen molar-refractivity contribution in [2.45, 2.75) is 19.8 Å². The standard InChI is InChI=1S/C13H17N3O3/c1-2-14-12-6-5-10(16(18)19)9-11(12)13(17)15-7-3-4-8-15/h5-6,9,14H,2-4,7-8H2,1H3. The van der Waals surface area contributed by atoms with E-state index in [1.165, 1.54) is 12.1 Å². The molecule has 0 atom stereocenters. The first-order valence-electron chi connectivity index (χ1n) is 6.45. The number of amides is 1. The van der Waals surface area contributed by atoms with Crippen LogP contribution in [0.15, 0.2) is 18.2 Å². The molecule has 6 heteroatoms. The molecule has 1 aliphatic heterocycles. The molecule has 0 unspecified atom stereocenters. The van der Waals surface area contributed by atoms with Gasteiger partial charge in [-0.3, -0.25) is 14.9 Å². The van der Waals surface area contributed by atoms with Crippen LogP contribution in [0.5, 0.6) is 0 Å². The van der Waals surface area contributed by atoms with Crippen molar-refractivity contribution in [2.75, 3.05) is 25.0 Å². The first-order valence-corrected chi connectivity index (χ1v) is 6.45. The SMILES string of the molecule is CCNc1ccc([N+](=O)[O-])cc1C(=O)N1CCCC1. The number of carbonyl (C=O) groups is 1.